The summed E-state index contributed by atoms with van der Waals surface area (Å²) in [5.74, 6) is -0.210. The Morgan fingerprint density at radius 2 is 1.97 bits per heavy atom. The molecule has 7 nitrogen and oxygen atoms in total. The van der Waals surface area contributed by atoms with Gasteiger partial charge in [-0.2, -0.15) is 0 Å². The number of carbonyl (C=O) groups is 1. The first-order chi connectivity index (χ1) is 14.3. The first-order valence-corrected chi connectivity index (χ1v) is 10.0. The van der Waals surface area contributed by atoms with E-state index in [0.717, 1.165) is 0 Å². The molecule has 1 aromatic heterocycles. The molecule has 1 aliphatic heterocycles. The number of aliphatic hydroxyl groups excluding tert-OH is 1. The number of amides is 1. The normalized spacial score (nSPS) is 13.8. The maximum Gasteiger partial charge on any atom is 0.258 e. The molecule has 0 saturated carbocycles. The van der Waals surface area contributed by atoms with Gasteiger partial charge in [-0.05, 0) is 38.8 Å². The Kier molecular flexibility index (Phi) is 6.89. The Labute approximate surface area is 179 Å². The molecule has 0 saturated heterocycles. The van der Waals surface area contributed by atoms with Gasteiger partial charge in [0.05, 0.1) is 41.7 Å². The SMILES string of the molecule is Cc1nc(C2=C(N)CN(C(=O)c3ccc(F)cc3OCCCCO)C2)nc(C)c1Cl. The number of hydrogen-bond acceptors (Lipinski definition) is 6. The van der Waals surface area contributed by atoms with Crippen molar-refractivity contribution in [1.82, 2.24) is 14.9 Å². The van der Waals surface area contributed by atoms with Crippen molar-refractivity contribution in [2.24, 2.45) is 5.73 Å². The molecular formula is C21H24ClFN4O3. The molecule has 1 aliphatic rings. The van der Waals surface area contributed by atoms with E-state index >= 15 is 0 Å². The molecule has 0 radical (unpaired) electrons. The fourth-order valence-electron chi connectivity index (χ4n) is 3.20. The second-order valence-electron chi connectivity index (χ2n) is 7.12. The zero-order valence-electron chi connectivity index (χ0n) is 16.9. The molecule has 2 aromatic rings. The van der Waals surface area contributed by atoms with Gasteiger partial charge in [-0.3, -0.25) is 4.79 Å². The zero-order valence-corrected chi connectivity index (χ0v) is 17.7. The number of aromatic nitrogens is 2. The number of ether oxygens (including phenoxy) is 1. The maximum absolute atomic E-state index is 13.7. The van der Waals surface area contributed by atoms with Crippen LogP contribution < -0.4 is 10.5 Å². The van der Waals surface area contributed by atoms with Crippen molar-refractivity contribution in [2.45, 2.75) is 26.7 Å². The average Bonchev–Trinajstić information content (AvgIpc) is 3.10. The maximum atomic E-state index is 13.7. The molecule has 3 rings (SSSR count). The van der Waals surface area contributed by atoms with Gasteiger partial charge in [0.1, 0.15) is 11.6 Å². The van der Waals surface area contributed by atoms with E-state index in [1.807, 2.05) is 0 Å². The van der Waals surface area contributed by atoms with Crippen molar-refractivity contribution in [2.75, 3.05) is 26.3 Å². The number of nitrogens with zero attached hydrogens (tertiary/aromatic N) is 3. The number of benzene rings is 1. The summed E-state index contributed by atoms with van der Waals surface area (Å²) in [7, 11) is 0. The van der Waals surface area contributed by atoms with Gasteiger partial charge in [-0.25, -0.2) is 14.4 Å². The molecule has 3 N–H and O–H groups in total. The van der Waals surface area contributed by atoms with E-state index in [1.165, 1.54) is 18.2 Å². The van der Waals surface area contributed by atoms with Crippen molar-refractivity contribution < 1.29 is 19.0 Å². The van der Waals surface area contributed by atoms with E-state index < -0.39 is 5.82 Å². The summed E-state index contributed by atoms with van der Waals surface area (Å²) in [5, 5.41) is 9.37. The van der Waals surface area contributed by atoms with Gasteiger partial charge < -0.3 is 20.5 Å². The molecule has 0 atom stereocenters. The lowest BCUT2D eigenvalue weighted by atomic mass is 10.1. The minimum absolute atomic E-state index is 0.0471. The van der Waals surface area contributed by atoms with E-state index in [-0.39, 0.29) is 43.5 Å². The lowest BCUT2D eigenvalue weighted by Gasteiger charge is -2.19. The predicted molar refractivity (Wildman–Crippen MR) is 112 cm³/mol. The number of carbonyl (C=O) groups excluding carboxylic acids is 1. The number of aliphatic hydroxyl groups is 1. The van der Waals surface area contributed by atoms with E-state index in [4.69, 9.17) is 27.2 Å². The van der Waals surface area contributed by atoms with Crippen molar-refractivity contribution >= 4 is 23.1 Å². The van der Waals surface area contributed by atoms with Crippen LogP contribution in [0.4, 0.5) is 4.39 Å². The lowest BCUT2D eigenvalue weighted by Crippen LogP contribution is -2.30. The predicted octanol–water partition coefficient (Wildman–Crippen LogP) is 2.86. The van der Waals surface area contributed by atoms with Gasteiger partial charge in [0, 0.05) is 23.9 Å². The highest BCUT2D eigenvalue weighted by Crippen LogP contribution is 2.28. The van der Waals surface area contributed by atoms with Gasteiger partial charge in [0.25, 0.3) is 5.91 Å². The second-order valence-corrected chi connectivity index (χ2v) is 7.49. The summed E-state index contributed by atoms with van der Waals surface area (Å²) in [6.45, 7) is 4.33. The highest BCUT2D eigenvalue weighted by atomic mass is 35.5. The molecule has 1 aromatic carbocycles. The van der Waals surface area contributed by atoms with Crippen LogP contribution in [0.2, 0.25) is 5.02 Å². The monoisotopic (exact) mass is 434 g/mol. The van der Waals surface area contributed by atoms with Gasteiger partial charge in [0.15, 0.2) is 5.82 Å². The van der Waals surface area contributed by atoms with Gasteiger partial charge in [-0.1, -0.05) is 11.6 Å². The van der Waals surface area contributed by atoms with E-state index in [2.05, 4.69) is 9.97 Å². The summed E-state index contributed by atoms with van der Waals surface area (Å²) >= 11 is 6.15. The smallest absolute Gasteiger partial charge is 0.258 e. The quantitative estimate of drug-likeness (QED) is 0.650. The standard InChI is InChI=1S/C21H24ClFN4O3/c1-12-19(22)13(2)26-20(25-12)16-10-27(11-17(16)24)21(29)15-6-5-14(23)9-18(15)30-8-4-3-7-28/h5-6,9,28H,3-4,7-8,10-11,24H2,1-2H3. The Hall–Kier alpha value is -2.71. The van der Waals surface area contributed by atoms with Crippen LogP contribution in [0.3, 0.4) is 0 Å². The van der Waals surface area contributed by atoms with Crippen LogP contribution in [-0.2, 0) is 0 Å². The fourth-order valence-corrected chi connectivity index (χ4v) is 3.29. The molecule has 0 bridgehead atoms. The minimum Gasteiger partial charge on any atom is -0.493 e. The number of rotatable bonds is 7. The Balaban J connectivity index is 1.79. The Bertz CT molecular complexity index is 973. The number of halogens is 2. The summed E-state index contributed by atoms with van der Waals surface area (Å²) < 4.78 is 19.3. The number of nitrogens with two attached hydrogens (primary N) is 1. The van der Waals surface area contributed by atoms with Crippen molar-refractivity contribution in [3.05, 3.63) is 57.5 Å². The summed E-state index contributed by atoms with van der Waals surface area (Å²) in [4.78, 5) is 23.5. The highest BCUT2D eigenvalue weighted by molar-refractivity contribution is 6.31. The summed E-state index contributed by atoms with van der Waals surface area (Å²) in [6, 6.07) is 3.81. The van der Waals surface area contributed by atoms with Crippen molar-refractivity contribution in [3.63, 3.8) is 0 Å². The minimum atomic E-state index is -0.496. The van der Waals surface area contributed by atoms with Crippen LogP contribution in [0, 0.1) is 19.7 Å². The van der Waals surface area contributed by atoms with Crippen LogP contribution in [0.15, 0.2) is 23.9 Å². The molecule has 0 fully saturated rings. The van der Waals surface area contributed by atoms with Gasteiger partial charge in [-0.15, -0.1) is 0 Å². The lowest BCUT2D eigenvalue weighted by molar-refractivity contribution is 0.0794. The third kappa shape index (κ3) is 4.71. The molecule has 1 amide bonds. The van der Waals surface area contributed by atoms with E-state index in [9.17, 15) is 9.18 Å². The number of hydrogen-bond donors (Lipinski definition) is 2. The summed E-state index contributed by atoms with van der Waals surface area (Å²) in [5.41, 5.74) is 8.88. The largest absolute Gasteiger partial charge is 0.493 e. The molecule has 0 spiro atoms. The molecule has 30 heavy (non-hydrogen) atoms. The number of aryl methyl sites for hydroxylation is 2. The average molecular weight is 435 g/mol. The van der Waals surface area contributed by atoms with Crippen LogP contribution in [0.5, 0.6) is 5.75 Å². The van der Waals surface area contributed by atoms with Gasteiger partial charge in [0.2, 0.25) is 0 Å². The fraction of sp³-hybridized carbons (Fsp3) is 0.381. The molecule has 9 heteroatoms. The van der Waals surface area contributed by atoms with Crippen molar-refractivity contribution in [3.8, 4) is 5.75 Å². The molecule has 2 heterocycles. The highest BCUT2D eigenvalue weighted by Gasteiger charge is 2.29. The van der Waals surface area contributed by atoms with E-state index in [1.54, 1.807) is 18.7 Å². The van der Waals surface area contributed by atoms with Crippen LogP contribution in [-0.4, -0.2) is 52.2 Å². The third-order valence-corrected chi connectivity index (χ3v) is 5.37. The zero-order chi connectivity index (χ0) is 21.8. The second kappa shape index (κ2) is 9.40. The topological polar surface area (TPSA) is 102 Å². The van der Waals surface area contributed by atoms with Crippen LogP contribution >= 0.6 is 11.6 Å². The molecular weight excluding hydrogens is 411 g/mol. The Morgan fingerprint density at radius 3 is 2.63 bits per heavy atom. The first kappa shape index (κ1) is 22.0. The van der Waals surface area contributed by atoms with Crippen LogP contribution in [0.25, 0.3) is 5.57 Å². The first-order valence-electron chi connectivity index (χ1n) is 9.63. The van der Waals surface area contributed by atoms with Gasteiger partial charge >= 0.3 is 0 Å². The van der Waals surface area contributed by atoms with Crippen molar-refractivity contribution in [1.29, 1.82) is 0 Å². The molecule has 0 unspecified atom stereocenters. The molecule has 160 valence electrons. The Morgan fingerprint density at radius 1 is 1.27 bits per heavy atom. The van der Waals surface area contributed by atoms with Crippen LogP contribution in [0.1, 0.15) is 40.4 Å². The summed E-state index contributed by atoms with van der Waals surface area (Å²) in [6.07, 6.45) is 1.16. The third-order valence-electron chi connectivity index (χ3n) is 4.82. The molecule has 0 aliphatic carbocycles. The van der Waals surface area contributed by atoms with E-state index in [0.29, 0.717) is 46.3 Å². The number of unbranched alkanes of at least 4 members (excludes halogenated alkanes) is 1.